The van der Waals surface area contributed by atoms with E-state index >= 15 is 0 Å². The molecule has 0 saturated carbocycles. The van der Waals surface area contributed by atoms with E-state index in [2.05, 4.69) is 6.92 Å². The molecule has 0 aliphatic carbocycles. The zero-order valence-corrected chi connectivity index (χ0v) is 18.9. The number of hydrogen-bond donors (Lipinski definition) is 0. The minimum absolute atomic E-state index is 0.270. The predicted molar refractivity (Wildman–Crippen MR) is 123 cm³/mol. The van der Waals surface area contributed by atoms with Crippen LogP contribution in [0.15, 0.2) is 89.8 Å². The molecule has 31 heavy (non-hydrogen) atoms. The van der Waals surface area contributed by atoms with E-state index in [4.69, 9.17) is 4.74 Å². The van der Waals surface area contributed by atoms with Gasteiger partial charge in [-0.1, -0.05) is 86.1 Å². The molecular weight excluding hydrogens is 406 g/mol. The second-order valence-corrected chi connectivity index (χ2v) is 10.1. The topological polar surface area (TPSA) is 49.9 Å². The van der Waals surface area contributed by atoms with Crippen LogP contribution in [-0.4, -0.2) is 25.9 Å². The Morgan fingerprint density at radius 3 is 2.06 bits per heavy atom. The Kier molecular flexibility index (Phi) is 6.28. The molecule has 0 radical (unpaired) electrons. The standard InChI is InChI=1S/C26H29NO3S/c1-3-10-22-15-17-25(18-16-22)31(28,29)27(21(2)23-11-6-4-7-12-23)19-26(20-30-26)24-13-8-5-9-14-24/h4-9,11-18,21H,3,10,19-20H2,1-2H3. The molecule has 1 heterocycles. The molecule has 5 heteroatoms. The van der Waals surface area contributed by atoms with Crippen LogP contribution in [0.4, 0.5) is 0 Å². The summed E-state index contributed by atoms with van der Waals surface area (Å²) in [5.74, 6) is 0. The maximum absolute atomic E-state index is 13.8. The number of ether oxygens (including phenoxy) is 1. The van der Waals surface area contributed by atoms with Crippen molar-refractivity contribution >= 4 is 10.0 Å². The fourth-order valence-corrected chi connectivity index (χ4v) is 5.68. The molecule has 3 aromatic rings. The molecule has 2 unspecified atom stereocenters. The maximum atomic E-state index is 13.8. The third kappa shape index (κ3) is 4.59. The van der Waals surface area contributed by atoms with Gasteiger partial charge in [-0.25, -0.2) is 8.42 Å². The minimum Gasteiger partial charge on any atom is -0.363 e. The summed E-state index contributed by atoms with van der Waals surface area (Å²) in [4.78, 5) is 0.319. The molecule has 0 spiro atoms. The smallest absolute Gasteiger partial charge is 0.243 e. The lowest BCUT2D eigenvalue weighted by molar-refractivity contribution is 0.225. The van der Waals surface area contributed by atoms with Crippen LogP contribution in [0.5, 0.6) is 0 Å². The molecule has 2 atom stereocenters. The highest BCUT2D eigenvalue weighted by molar-refractivity contribution is 7.89. The highest BCUT2D eigenvalue weighted by atomic mass is 32.2. The third-order valence-electron chi connectivity index (χ3n) is 5.99. The summed E-state index contributed by atoms with van der Waals surface area (Å²) in [7, 11) is -3.73. The molecule has 0 N–H and O–H groups in total. The molecule has 4 nitrogen and oxygen atoms in total. The van der Waals surface area contributed by atoms with Crippen molar-refractivity contribution in [3.8, 4) is 0 Å². The van der Waals surface area contributed by atoms with Crippen LogP contribution >= 0.6 is 0 Å². The van der Waals surface area contributed by atoms with Crippen molar-refractivity contribution in [2.75, 3.05) is 13.2 Å². The van der Waals surface area contributed by atoms with Gasteiger partial charge in [-0.15, -0.1) is 0 Å². The average molecular weight is 436 g/mol. The van der Waals surface area contributed by atoms with E-state index < -0.39 is 15.6 Å². The Labute approximate surface area is 185 Å². The van der Waals surface area contributed by atoms with Crippen LogP contribution in [0, 0.1) is 0 Å². The van der Waals surface area contributed by atoms with E-state index in [9.17, 15) is 8.42 Å². The van der Waals surface area contributed by atoms with Crippen LogP contribution in [0.3, 0.4) is 0 Å². The Bertz CT molecular complexity index is 1090. The zero-order chi connectivity index (χ0) is 21.9. The SMILES string of the molecule is CCCc1ccc(S(=O)(=O)N(CC2(c3ccccc3)CO2)C(C)c2ccccc2)cc1. The maximum Gasteiger partial charge on any atom is 0.243 e. The summed E-state index contributed by atoms with van der Waals surface area (Å²) in [5, 5.41) is 0. The Balaban J connectivity index is 1.71. The normalized spacial score (nSPS) is 19.3. The predicted octanol–water partition coefficient (Wildman–Crippen LogP) is 5.32. The van der Waals surface area contributed by atoms with Crippen molar-refractivity contribution in [1.29, 1.82) is 0 Å². The lowest BCUT2D eigenvalue weighted by Crippen LogP contribution is -2.40. The Morgan fingerprint density at radius 2 is 1.52 bits per heavy atom. The van der Waals surface area contributed by atoms with Gasteiger partial charge in [0.15, 0.2) is 0 Å². The van der Waals surface area contributed by atoms with Crippen molar-refractivity contribution < 1.29 is 13.2 Å². The molecule has 4 rings (SSSR count). The van der Waals surface area contributed by atoms with Crippen molar-refractivity contribution in [3.63, 3.8) is 0 Å². The number of aryl methyl sites for hydroxylation is 1. The van der Waals surface area contributed by atoms with E-state index in [0.717, 1.165) is 29.5 Å². The fourth-order valence-electron chi connectivity index (χ4n) is 4.01. The summed E-state index contributed by atoms with van der Waals surface area (Å²) in [6, 6.07) is 26.6. The molecule has 0 amide bonds. The van der Waals surface area contributed by atoms with E-state index in [-0.39, 0.29) is 12.6 Å². The Hall–Kier alpha value is -2.47. The van der Waals surface area contributed by atoms with Gasteiger partial charge < -0.3 is 4.74 Å². The number of hydrogen-bond acceptors (Lipinski definition) is 3. The van der Waals surface area contributed by atoms with Crippen LogP contribution < -0.4 is 0 Å². The number of sulfonamides is 1. The van der Waals surface area contributed by atoms with E-state index in [1.807, 2.05) is 79.7 Å². The van der Waals surface area contributed by atoms with Crippen molar-refractivity contribution in [1.82, 2.24) is 4.31 Å². The molecule has 162 valence electrons. The second-order valence-electron chi connectivity index (χ2n) is 8.18. The highest BCUT2D eigenvalue weighted by Gasteiger charge is 2.50. The van der Waals surface area contributed by atoms with E-state index in [0.29, 0.717) is 11.5 Å². The zero-order valence-electron chi connectivity index (χ0n) is 18.1. The van der Waals surface area contributed by atoms with Crippen molar-refractivity contribution in [2.24, 2.45) is 0 Å². The van der Waals surface area contributed by atoms with Crippen LogP contribution in [0.1, 0.15) is 43.0 Å². The second kappa shape index (κ2) is 8.95. The molecular formula is C26H29NO3S. The van der Waals surface area contributed by atoms with Crippen LogP contribution in [-0.2, 0) is 26.8 Å². The molecule has 1 saturated heterocycles. The lowest BCUT2D eigenvalue weighted by atomic mass is 9.99. The molecule has 1 aliphatic rings. The number of benzene rings is 3. The molecule has 1 fully saturated rings. The highest BCUT2D eigenvalue weighted by Crippen LogP contribution is 2.42. The number of epoxide rings is 1. The summed E-state index contributed by atoms with van der Waals surface area (Å²) in [5.41, 5.74) is 2.51. The van der Waals surface area contributed by atoms with Gasteiger partial charge in [0.05, 0.1) is 18.0 Å². The van der Waals surface area contributed by atoms with E-state index in [1.54, 1.807) is 16.4 Å². The summed E-state index contributed by atoms with van der Waals surface area (Å²) < 4.78 is 35.1. The monoisotopic (exact) mass is 435 g/mol. The van der Waals surface area contributed by atoms with Gasteiger partial charge in [0.2, 0.25) is 10.0 Å². The first-order valence-electron chi connectivity index (χ1n) is 10.8. The van der Waals surface area contributed by atoms with Gasteiger partial charge in [-0.05, 0) is 42.2 Å². The van der Waals surface area contributed by atoms with Gasteiger partial charge in [0.1, 0.15) is 5.60 Å². The van der Waals surface area contributed by atoms with Gasteiger partial charge in [0, 0.05) is 6.04 Å². The van der Waals surface area contributed by atoms with Gasteiger partial charge >= 0.3 is 0 Å². The molecule has 1 aliphatic heterocycles. The van der Waals surface area contributed by atoms with Crippen LogP contribution in [0.2, 0.25) is 0 Å². The summed E-state index contributed by atoms with van der Waals surface area (Å²) >= 11 is 0. The Morgan fingerprint density at radius 1 is 0.935 bits per heavy atom. The quantitative estimate of drug-likeness (QED) is 0.428. The third-order valence-corrected chi connectivity index (χ3v) is 7.92. The molecule has 0 bridgehead atoms. The van der Waals surface area contributed by atoms with Gasteiger partial charge in [-0.2, -0.15) is 4.31 Å². The van der Waals surface area contributed by atoms with Gasteiger partial charge in [0.25, 0.3) is 0 Å². The molecule has 0 aromatic heterocycles. The first-order valence-corrected chi connectivity index (χ1v) is 12.3. The van der Waals surface area contributed by atoms with Crippen molar-refractivity contribution in [3.05, 3.63) is 102 Å². The van der Waals surface area contributed by atoms with Gasteiger partial charge in [-0.3, -0.25) is 0 Å². The van der Waals surface area contributed by atoms with Crippen molar-refractivity contribution in [2.45, 2.75) is 43.2 Å². The number of nitrogens with zero attached hydrogens (tertiary/aromatic N) is 1. The summed E-state index contributed by atoms with van der Waals surface area (Å²) in [6.45, 7) is 4.85. The summed E-state index contributed by atoms with van der Waals surface area (Å²) in [6.07, 6.45) is 1.97. The van der Waals surface area contributed by atoms with Crippen LogP contribution in [0.25, 0.3) is 0 Å². The first kappa shape index (κ1) is 21.8. The molecule has 3 aromatic carbocycles. The largest absolute Gasteiger partial charge is 0.363 e. The number of rotatable bonds is 9. The minimum atomic E-state index is -3.73. The average Bonchev–Trinajstić information content (AvgIpc) is 3.60. The van der Waals surface area contributed by atoms with E-state index in [1.165, 1.54) is 0 Å². The first-order chi connectivity index (χ1) is 15.0. The fraction of sp³-hybridized carbons (Fsp3) is 0.308. The lowest BCUT2D eigenvalue weighted by Gasteiger charge is -2.31.